The van der Waals surface area contributed by atoms with E-state index in [1.807, 2.05) is 13.8 Å². The summed E-state index contributed by atoms with van der Waals surface area (Å²) in [5.41, 5.74) is 5.14. The van der Waals surface area contributed by atoms with E-state index in [4.69, 9.17) is 10.5 Å². The van der Waals surface area contributed by atoms with Gasteiger partial charge < -0.3 is 10.5 Å². The Bertz CT molecular complexity index is 171. The average Bonchev–Trinajstić information content (AvgIpc) is 2.55. The molecule has 0 amide bonds. The van der Waals surface area contributed by atoms with Gasteiger partial charge in [-0.25, -0.2) is 0 Å². The van der Waals surface area contributed by atoms with Gasteiger partial charge in [0, 0.05) is 24.5 Å². The van der Waals surface area contributed by atoms with E-state index in [0.717, 1.165) is 13.0 Å². The number of Topliss-reactive ketones (excluding diaryl/α,β-unsaturated/α-hetero) is 1. The fraction of sp³-hybridized carbons (Fsp3) is 0.889. The zero-order valence-corrected chi connectivity index (χ0v) is 7.80. The highest BCUT2D eigenvalue weighted by atomic mass is 16.5. The fourth-order valence-electron chi connectivity index (χ4n) is 1.39. The summed E-state index contributed by atoms with van der Waals surface area (Å²) in [5.74, 6) is 0.339. The van der Waals surface area contributed by atoms with Crippen LogP contribution in [-0.4, -0.2) is 25.5 Å². The van der Waals surface area contributed by atoms with Crippen LogP contribution in [0.2, 0.25) is 0 Å². The molecule has 0 bridgehead atoms. The molecule has 0 aromatic heterocycles. The van der Waals surface area contributed by atoms with Crippen molar-refractivity contribution >= 4 is 5.78 Å². The smallest absolute Gasteiger partial charge is 0.145 e. The number of hydrogen-bond acceptors (Lipinski definition) is 3. The summed E-state index contributed by atoms with van der Waals surface area (Å²) in [6.07, 6.45) is 0.863. The Labute approximate surface area is 73.3 Å². The van der Waals surface area contributed by atoms with Gasteiger partial charge in [0.25, 0.3) is 0 Å². The van der Waals surface area contributed by atoms with Crippen molar-refractivity contribution in [3.05, 3.63) is 0 Å². The number of carbonyl (C=O) groups is 1. The molecule has 1 aliphatic rings. The summed E-state index contributed by atoms with van der Waals surface area (Å²) in [7, 11) is 0. The molecule has 12 heavy (non-hydrogen) atoms. The molecule has 0 saturated carbocycles. The van der Waals surface area contributed by atoms with Gasteiger partial charge in [0.15, 0.2) is 0 Å². The van der Waals surface area contributed by atoms with Crippen molar-refractivity contribution in [1.82, 2.24) is 0 Å². The molecule has 1 unspecified atom stereocenters. The first-order valence-corrected chi connectivity index (χ1v) is 4.40. The van der Waals surface area contributed by atoms with Crippen LogP contribution in [0.3, 0.4) is 0 Å². The van der Waals surface area contributed by atoms with Gasteiger partial charge in [-0.15, -0.1) is 0 Å². The fourth-order valence-corrected chi connectivity index (χ4v) is 1.39. The lowest BCUT2D eigenvalue weighted by Crippen LogP contribution is -2.37. The van der Waals surface area contributed by atoms with Gasteiger partial charge in [-0.3, -0.25) is 4.79 Å². The van der Waals surface area contributed by atoms with Crippen molar-refractivity contribution in [3.63, 3.8) is 0 Å². The van der Waals surface area contributed by atoms with E-state index in [1.54, 1.807) is 0 Å². The van der Waals surface area contributed by atoms with E-state index in [0.29, 0.717) is 13.2 Å². The third kappa shape index (κ3) is 1.84. The standard InChI is InChI=1S/C9H17NO2/c1-9(2,6-10)8(11)7-3-4-12-5-7/h7H,3-6,10H2,1-2H3. The number of hydrogen-bond donors (Lipinski definition) is 1. The molecule has 1 aliphatic heterocycles. The summed E-state index contributed by atoms with van der Waals surface area (Å²) < 4.78 is 5.16. The summed E-state index contributed by atoms with van der Waals surface area (Å²) in [4.78, 5) is 11.7. The molecule has 0 aliphatic carbocycles. The minimum absolute atomic E-state index is 0.0866. The summed E-state index contributed by atoms with van der Waals surface area (Å²) in [5, 5.41) is 0. The predicted molar refractivity (Wildman–Crippen MR) is 46.8 cm³/mol. The zero-order chi connectivity index (χ0) is 9.19. The number of ketones is 1. The summed E-state index contributed by atoms with van der Waals surface area (Å²) >= 11 is 0. The first kappa shape index (κ1) is 9.68. The molecule has 1 atom stereocenters. The summed E-state index contributed by atoms with van der Waals surface area (Å²) in [6.45, 7) is 5.52. The van der Waals surface area contributed by atoms with Crippen molar-refractivity contribution < 1.29 is 9.53 Å². The van der Waals surface area contributed by atoms with Crippen LogP contribution < -0.4 is 5.73 Å². The van der Waals surface area contributed by atoms with E-state index >= 15 is 0 Å². The second-order valence-corrected chi connectivity index (χ2v) is 4.01. The SMILES string of the molecule is CC(C)(CN)C(=O)C1CCOC1. The lowest BCUT2D eigenvalue weighted by molar-refractivity contribution is -0.130. The van der Waals surface area contributed by atoms with Crippen molar-refractivity contribution in [1.29, 1.82) is 0 Å². The lowest BCUT2D eigenvalue weighted by Gasteiger charge is -2.23. The Balaban J connectivity index is 2.56. The normalized spacial score (nSPS) is 24.4. The molecule has 2 N–H and O–H groups in total. The van der Waals surface area contributed by atoms with Crippen LogP contribution in [0.1, 0.15) is 20.3 Å². The van der Waals surface area contributed by atoms with Gasteiger partial charge in [0.2, 0.25) is 0 Å². The van der Waals surface area contributed by atoms with E-state index in [1.165, 1.54) is 0 Å². The van der Waals surface area contributed by atoms with E-state index in [9.17, 15) is 4.79 Å². The molecule has 0 radical (unpaired) electrons. The van der Waals surface area contributed by atoms with E-state index in [-0.39, 0.29) is 17.1 Å². The Kier molecular flexibility index (Phi) is 2.85. The van der Waals surface area contributed by atoms with E-state index in [2.05, 4.69) is 0 Å². The number of nitrogens with two attached hydrogens (primary N) is 1. The van der Waals surface area contributed by atoms with Gasteiger partial charge >= 0.3 is 0 Å². The van der Waals surface area contributed by atoms with Crippen molar-refractivity contribution in [2.45, 2.75) is 20.3 Å². The number of rotatable bonds is 3. The maximum absolute atomic E-state index is 11.7. The molecule has 1 heterocycles. The summed E-state index contributed by atoms with van der Waals surface area (Å²) in [6, 6.07) is 0. The molecule has 0 aromatic rings. The highest BCUT2D eigenvalue weighted by molar-refractivity contribution is 5.86. The van der Waals surface area contributed by atoms with Crippen LogP contribution in [0.5, 0.6) is 0 Å². The molecule has 0 spiro atoms. The highest BCUT2D eigenvalue weighted by Gasteiger charge is 2.34. The van der Waals surface area contributed by atoms with Crippen LogP contribution in [-0.2, 0) is 9.53 Å². The van der Waals surface area contributed by atoms with Gasteiger partial charge in [0.05, 0.1) is 6.61 Å². The third-order valence-electron chi connectivity index (χ3n) is 2.48. The molecule has 3 nitrogen and oxygen atoms in total. The largest absolute Gasteiger partial charge is 0.381 e. The van der Waals surface area contributed by atoms with E-state index < -0.39 is 0 Å². The van der Waals surface area contributed by atoms with Crippen molar-refractivity contribution in [2.75, 3.05) is 19.8 Å². The van der Waals surface area contributed by atoms with Crippen LogP contribution >= 0.6 is 0 Å². The third-order valence-corrected chi connectivity index (χ3v) is 2.48. The van der Waals surface area contributed by atoms with Gasteiger partial charge in [0.1, 0.15) is 5.78 Å². The first-order valence-electron chi connectivity index (χ1n) is 4.40. The van der Waals surface area contributed by atoms with Gasteiger partial charge in [-0.2, -0.15) is 0 Å². The highest BCUT2D eigenvalue weighted by Crippen LogP contribution is 2.24. The minimum atomic E-state index is -0.377. The quantitative estimate of drug-likeness (QED) is 0.675. The maximum atomic E-state index is 11.7. The topological polar surface area (TPSA) is 52.3 Å². The van der Waals surface area contributed by atoms with Crippen molar-refractivity contribution in [3.8, 4) is 0 Å². The minimum Gasteiger partial charge on any atom is -0.381 e. The van der Waals surface area contributed by atoms with Crippen LogP contribution in [0.15, 0.2) is 0 Å². The monoisotopic (exact) mass is 171 g/mol. The van der Waals surface area contributed by atoms with Crippen LogP contribution in [0, 0.1) is 11.3 Å². The maximum Gasteiger partial charge on any atom is 0.145 e. The van der Waals surface area contributed by atoms with Gasteiger partial charge in [-0.1, -0.05) is 13.8 Å². The molecule has 1 saturated heterocycles. The average molecular weight is 171 g/mol. The molecule has 0 aromatic carbocycles. The Hall–Kier alpha value is -0.410. The number of ether oxygens (including phenoxy) is 1. The molecular formula is C9H17NO2. The zero-order valence-electron chi connectivity index (χ0n) is 7.80. The Morgan fingerprint density at radius 1 is 1.67 bits per heavy atom. The molecule has 70 valence electrons. The first-order chi connectivity index (χ1) is 5.58. The Morgan fingerprint density at radius 2 is 2.33 bits per heavy atom. The second-order valence-electron chi connectivity index (χ2n) is 4.01. The Morgan fingerprint density at radius 3 is 2.75 bits per heavy atom. The van der Waals surface area contributed by atoms with Crippen LogP contribution in [0.4, 0.5) is 0 Å². The second kappa shape index (κ2) is 3.54. The molecule has 3 heteroatoms. The van der Waals surface area contributed by atoms with Crippen molar-refractivity contribution in [2.24, 2.45) is 17.1 Å². The molecule has 1 fully saturated rings. The van der Waals surface area contributed by atoms with Crippen LogP contribution in [0.25, 0.3) is 0 Å². The predicted octanol–water partition coefficient (Wildman–Crippen LogP) is 0.577. The molecular weight excluding hydrogens is 154 g/mol. The lowest BCUT2D eigenvalue weighted by atomic mass is 9.81. The molecule has 1 rings (SSSR count). The number of carbonyl (C=O) groups excluding carboxylic acids is 1. The van der Waals surface area contributed by atoms with Gasteiger partial charge in [-0.05, 0) is 6.42 Å².